The minimum Gasteiger partial charge on any atom is -0.312 e. The number of rotatable bonds is 0. The van der Waals surface area contributed by atoms with Gasteiger partial charge in [-0.2, -0.15) is 0 Å². The average molecular weight is 235 g/mol. The molecule has 2 aliphatic heterocycles. The Kier molecular flexibility index (Phi) is 7.63. The van der Waals surface area contributed by atoms with Gasteiger partial charge in [0.05, 0.1) is 0 Å². The third kappa shape index (κ3) is 5.31. The lowest BCUT2D eigenvalue weighted by Crippen LogP contribution is -2.23. The van der Waals surface area contributed by atoms with Crippen LogP contribution in [0.15, 0.2) is 24.3 Å². The molecule has 1 aromatic rings. The van der Waals surface area contributed by atoms with E-state index in [2.05, 4.69) is 40.2 Å². The number of hydrogen-bond donors (Lipinski definition) is 3. The van der Waals surface area contributed by atoms with Crippen LogP contribution >= 0.6 is 0 Å². The van der Waals surface area contributed by atoms with Gasteiger partial charge < -0.3 is 16.0 Å². The van der Waals surface area contributed by atoms with E-state index < -0.39 is 0 Å². The van der Waals surface area contributed by atoms with Crippen LogP contribution in [0.4, 0.5) is 0 Å². The summed E-state index contributed by atoms with van der Waals surface area (Å²) in [5.41, 5.74) is 2.98. The highest BCUT2D eigenvalue weighted by Crippen LogP contribution is 2.11. The first kappa shape index (κ1) is 14.2. The average Bonchev–Trinajstić information content (AvgIpc) is 3.00. The van der Waals surface area contributed by atoms with Gasteiger partial charge in [0.15, 0.2) is 0 Å². The van der Waals surface area contributed by atoms with Crippen molar-refractivity contribution in [3.05, 3.63) is 35.4 Å². The summed E-state index contributed by atoms with van der Waals surface area (Å²) in [4.78, 5) is 0. The Bertz CT molecular complexity index is 263. The molecule has 0 atom stereocenters. The summed E-state index contributed by atoms with van der Waals surface area (Å²) in [5.74, 6) is 0. The van der Waals surface area contributed by atoms with Crippen LogP contribution in [0.25, 0.3) is 0 Å². The van der Waals surface area contributed by atoms with Crippen molar-refractivity contribution < 1.29 is 0 Å². The zero-order chi connectivity index (χ0) is 12.3. The molecule has 0 aliphatic carbocycles. The lowest BCUT2D eigenvalue weighted by Gasteiger charge is -2.15. The van der Waals surface area contributed by atoms with Gasteiger partial charge in [-0.05, 0) is 24.1 Å². The second-order valence-electron chi connectivity index (χ2n) is 3.87. The van der Waals surface area contributed by atoms with Gasteiger partial charge in [-0.25, -0.2) is 0 Å². The van der Waals surface area contributed by atoms with E-state index in [1.54, 1.807) is 0 Å². The molecule has 1 fully saturated rings. The number of nitrogens with one attached hydrogen (secondary N) is 3. The van der Waals surface area contributed by atoms with Crippen molar-refractivity contribution in [3.8, 4) is 0 Å². The second kappa shape index (κ2) is 9.16. The van der Waals surface area contributed by atoms with Crippen LogP contribution < -0.4 is 16.0 Å². The number of hydrogen-bond acceptors (Lipinski definition) is 3. The lowest BCUT2D eigenvalue weighted by molar-refractivity contribution is 0.644. The molecule has 0 radical (unpaired) electrons. The van der Waals surface area contributed by atoms with Gasteiger partial charge in [0.2, 0.25) is 0 Å². The van der Waals surface area contributed by atoms with E-state index in [-0.39, 0.29) is 0 Å². The Hall–Kier alpha value is -0.900. The molecule has 1 saturated heterocycles. The van der Waals surface area contributed by atoms with Gasteiger partial charge in [0, 0.05) is 26.3 Å². The third-order valence-electron chi connectivity index (χ3n) is 2.73. The molecule has 0 aromatic heterocycles. The van der Waals surface area contributed by atoms with Gasteiger partial charge in [-0.3, -0.25) is 0 Å². The molecular weight excluding hydrogens is 210 g/mol. The van der Waals surface area contributed by atoms with Crippen LogP contribution in [-0.4, -0.2) is 26.3 Å². The Balaban J connectivity index is 0.000000175. The van der Waals surface area contributed by atoms with E-state index in [1.165, 1.54) is 17.5 Å². The molecule has 2 heterocycles. The zero-order valence-electron chi connectivity index (χ0n) is 11.1. The van der Waals surface area contributed by atoms with E-state index in [0.29, 0.717) is 0 Å². The summed E-state index contributed by atoms with van der Waals surface area (Å²) in [5, 5.41) is 9.56. The molecule has 1 aromatic carbocycles. The van der Waals surface area contributed by atoms with Crippen LogP contribution in [0.2, 0.25) is 0 Å². The standard InChI is InChI=1S/C9H11N.C3H8N2.C2H6/c1-2-4-9-7-10-6-5-8(9)3-1;1-2-5-3-4-1;1-2/h1-4,10H,5-7H2;4-5H,1-3H2;1-2H3. The van der Waals surface area contributed by atoms with Gasteiger partial charge in [-0.1, -0.05) is 38.1 Å². The van der Waals surface area contributed by atoms with E-state index in [1.807, 2.05) is 13.8 Å². The van der Waals surface area contributed by atoms with E-state index in [4.69, 9.17) is 0 Å². The molecule has 3 N–H and O–H groups in total. The first-order valence-corrected chi connectivity index (χ1v) is 6.66. The fourth-order valence-electron chi connectivity index (χ4n) is 1.86. The van der Waals surface area contributed by atoms with Crippen molar-refractivity contribution in [1.82, 2.24) is 16.0 Å². The fourth-order valence-corrected chi connectivity index (χ4v) is 1.86. The molecule has 3 heteroatoms. The molecule has 0 saturated carbocycles. The maximum absolute atomic E-state index is 3.34. The van der Waals surface area contributed by atoms with E-state index in [0.717, 1.165) is 32.8 Å². The summed E-state index contributed by atoms with van der Waals surface area (Å²) in [7, 11) is 0. The summed E-state index contributed by atoms with van der Waals surface area (Å²) >= 11 is 0. The van der Waals surface area contributed by atoms with Crippen molar-refractivity contribution in [2.45, 2.75) is 26.8 Å². The molecule has 0 unspecified atom stereocenters. The Morgan fingerprint density at radius 1 is 0.824 bits per heavy atom. The molecule has 0 bridgehead atoms. The summed E-state index contributed by atoms with van der Waals surface area (Å²) in [6.45, 7) is 9.47. The van der Waals surface area contributed by atoms with Crippen LogP contribution in [-0.2, 0) is 13.0 Å². The maximum Gasteiger partial charge on any atom is 0.0455 e. The fraction of sp³-hybridized carbons (Fsp3) is 0.571. The second-order valence-corrected chi connectivity index (χ2v) is 3.87. The molecule has 96 valence electrons. The van der Waals surface area contributed by atoms with Crippen molar-refractivity contribution in [1.29, 1.82) is 0 Å². The Morgan fingerprint density at radius 2 is 1.47 bits per heavy atom. The van der Waals surface area contributed by atoms with Gasteiger partial charge >= 0.3 is 0 Å². The van der Waals surface area contributed by atoms with Crippen molar-refractivity contribution in [2.75, 3.05) is 26.3 Å². The molecule has 0 amide bonds. The molecule has 0 spiro atoms. The molecule has 17 heavy (non-hydrogen) atoms. The first-order chi connectivity index (χ1) is 8.47. The predicted molar refractivity (Wildman–Crippen MR) is 74.1 cm³/mol. The van der Waals surface area contributed by atoms with Crippen LogP contribution in [0.3, 0.4) is 0 Å². The lowest BCUT2D eigenvalue weighted by atomic mass is 10.0. The highest BCUT2D eigenvalue weighted by atomic mass is 15.1. The Morgan fingerprint density at radius 3 is 2.00 bits per heavy atom. The van der Waals surface area contributed by atoms with Crippen LogP contribution in [0.1, 0.15) is 25.0 Å². The first-order valence-electron chi connectivity index (χ1n) is 6.66. The van der Waals surface area contributed by atoms with Crippen molar-refractivity contribution >= 4 is 0 Å². The maximum atomic E-state index is 3.34. The van der Waals surface area contributed by atoms with E-state index in [9.17, 15) is 0 Å². The summed E-state index contributed by atoms with van der Waals surface area (Å²) < 4.78 is 0. The monoisotopic (exact) mass is 235 g/mol. The zero-order valence-corrected chi connectivity index (χ0v) is 11.1. The third-order valence-corrected chi connectivity index (χ3v) is 2.73. The Labute approximate surface area is 105 Å². The topological polar surface area (TPSA) is 36.1 Å². The van der Waals surface area contributed by atoms with Crippen molar-refractivity contribution in [3.63, 3.8) is 0 Å². The largest absolute Gasteiger partial charge is 0.312 e. The van der Waals surface area contributed by atoms with Gasteiger partial charge in [0.25, 0.3) is 0 Å². The van der Waals surface area contributed by atoms with Crippen LogP contribution in [0, 0.1) is 0 Å². The minimum absolute atomic E-state index is 1.00. The predicted octanol–water partition coefficient (Wildman–Crippen LogP) is 1.50. The van der Waals surface area contributed by atoms with E-state index >= 15 is 0 Å². The normalized spacial score (nSPS) is 17.1. The number of benzene rings is 1. The van der Waals surface area contributed by atoms with Gasteiger partial charge in [0.1, 0.15) is 0 Å². The quantitative estimate of drug-likeness (QED) is 0.638. The minimum atomic E-state index is 1.00. The summed E-state index contributed by atoms with van der Waals surface area (Å²) in [6.07, 6.45) is 1.19. The highest BCUT2D eigenvalue weighted by Gasteiger charge is 2.05. The molecular formula is C14H25N3. The van der Waals surface area contributed by atoms with Crippen molar-refractivity contribution in [2.24, 2.45) is 0 Å². The van der Waals surface area contributed by atoms with Crippen LogP contribution in [0.5, 0.6) is 0 Å². The molecule has 2 aliphatic rings. The van der Waals surface area contributed by atoms with Gasteiger partial charge in [-0.15, -0.1) is 0 Å². The SMILES string of the molecule is C1CNCN1.CC.c1ccc2c(c1)CCNC2. The highest BCUT2D eigenvalue weighted by molar-refractivity contribution is 5.28. The summed E-state index contributed by atoms with van der Waals surface area (Å²) in [6, 6.07) is 8.63. The molecule has 3 nitrogen and oxygen atoms in total. The molecule has 3 rings (SSSR count). The number of fused-ring (bicyclic) bond motifs is 1. The smallest absolute Gasteiger partial charge is 0.0455 e.